The first-order valence-corrected chi connectivity index (χ1v) is 10.6. The van der Waals surface area contributed by atoms with Crippen LogP contribution in [-0.4, -0.2) is 0 Å². The molecular formula is C26H38F2. The molecule has 0 unspecified atom stereocenters. The molecule has 0 aliphatic heterocycles. The van der Waals surface area contributed by atoms with Gasteiger partial charge < -0.3 is 0 Å². The van der Waals surface area contributed by atoms with Crippen molar-refractivity contribution in [3.05, 3.63) is 53.6 Å². The fourth-order valence-corrected chi connectivity index (χ4v) is 4.46. The van der Waals surface area contributed by atoms with E-state index in [2.05, 4.69) is 46.4 Å². The summed E-state index contributed by atoms with van der Waals surface area (Å²) in [5.74, 6) is -0.226. The summed E-state index contributed by atoms with van der Waals surface area (Å²) in [6.45, 7) is 18.7. The van der Waals surface area contributed by atoms with Crippen LogP contribution in [0.15, 0.2) is 30.9 Å². The van der Waals surface area contributed by atoms with Crippen LogP contribution in [0.4, 0.5) is 8.78 Å². The largest absolute Gasteiger partial charge is 0.203 e. The minimum absolute atomic E-state index is 0.0467. The molecule has 0 heterocycles. The van der Waals surface area contributed by atoms with E-state index in [0.717, 1.165) is 0 Å². The molecule has 156 valence electrons. The van der Waals surface area contributed by atoms with Crippen LogP contribution >= 0.6 is 0 Å². The highest BCUT2D eigenvalue weighted by Crippen LogP contribution is 2.46. The van der Waals surface area contributed by atoms with Crippen molar-refractivity contribution < 1.29 is 8.78 Å². The molecule has 1 aromatic carbocycles. The van der Waals surface area contributed by atoms with Gasteiger partial charge in [-0.25, -0.2) is 8.78 Å². The number of allylic oxidation sites excluding steroid dienone is 2. The Morgan fingerprint density at radius 3 is 1.79 bits per heavy atom. The molecule has 2 heteroatoms. The van der Waals surface area contributed by atoms with Gasteiger partial charge in [-0.2, -0.15) is 0 Å². The molecule has 0 amide bonds. The zero-order chi connectivity index (χ0) is 21.3. The molecule has 0 spiro atoms. The third-order valence-electron chi connectivity index (χ3n) is 6.97. The van der Waals surface area contributed by atoms with Gasteiger partial charge in [-0.05, 0) is 59.3 Å². The molecule has 0 saturated heterocycles. The summed E-state index contributed by atoms with van der Waals surface area (Å²) in [5, 5.41) is 0. The van der Waals surface area contributed by atoms with Crippen LogP contribution in [0, 0.1) is 34.3 Å². The van der Waals surface area contributed by atoms with Crippen molar-refractivity contribution in [2.45, 2.75) is 79.6 Å². The topological polar surface area (TPSA) is 0 Å². The minimum Gasteiger partial charge on any atom is -0.203 e. The zero-order valence-corrected chi connectivity index (χ0v) is 18.8. The van der Waals surface area contributed by atoms with Crippen molar-refractivity contribution in [1.29, 1.82) is 0 Å². The van der Waals surface area contributed by atoms with Crippen molar-refractivity contribution in [3.63, 3.8) is 0 Å². The Morgan fingerprint density at radius 1 is 0.821 bits per heavy atom. The first kappa shape index (κ1) is 22.8. The smallest absolute Gasteiger partial charge is 0.166 e. The van der Waals surface area contributed by atoms with Crippen molar-refractivity contribution in [1.82, 2.24) is 0 Å². The Kier molecular flexibility index (Phi) is 6.63. The van der Waals surface area contributed by atoms with E-state index in [0.29, 0.717) is 23.0 Å². The van der Waals surface area contributed by atoms with E-state index in [1.807, 2.05) is 20.8 Å². The molecule has 1 aliphatic rings. The molecular weight excluding hydrogens is 350 g/mol. The van der Waals surface area contributed by atoms with Crippen molar-refractivity contribution in [2.75, 3.05) is 0 Å². The molecule has 0 atom stereocenters. The average Bonchev–Trinajstić information content (AvgIpc) is 2.62. The number of halogens is 2. The summed E-state index contributed by atoms with van der Waals surface area (Å²) < 4.78 is 29.1. The Labute approximate surface area is 171 Å². The van der Waals surface area contributed by atoms with Crippen LogP contribution in [0.3, 0.4) is 0 Å². The number of rotatable bonds is 5. The molecule has 2 rings (SSSR count). The molecule has 1 aromatic rings. The lowest BCUT2D eigenvalue weighted by Crippen LogP contribution is -2.31. The zero-order valence-electron chi connectivity index (χ0n) is 18.8. The third-order valence-corrected chi connectivity index (χ3v) is 6.97. The third kappa shape index (κ3) is 4.93. The normalized spacial score (nSPS) is 21.9. The fourth-order valence-electron chi connectivity index (χ4n) is 4.46. The second-order valence-corrected chi connectivity index (χ2v) is 10.8. The van der Waals surface area contributed by atoms with Crippen LogP contribution < -0.4 is 0 Å². The maximum absolute atomic E-state index is 14.6. The summed E-state index contributed by atoms with van der Waals surface area (Å²) in [5.41, 5.74) is 0.476. The second kappa shape index (κ2) is 8.13. The molecule has 1 saturated carbocycles. The van der Waals surface area contributed by atoms with E-state index in [4.69, 9.17) is 0 Å². The number of hydrogen-bond donors (Lipinski definition) is 0. The van der Waals surface area contributed by atoms with Crippen molar-refractivity contribution in [2.24, 2.45) is 22.7 Å². The van der Waals surface area contributed by atoms with Crippen LogP contribution in [-0.2, 0) is 5.41 Å². The molecule has 0 bridgehead atoms. The standard InChI is InChI=1S/C26H38F2/c1-9-25(5,6)19-11-13-20(14-12-19)26(7,8)17-16-18-10-15-21(24(2,3)4)23(28)22(18)27/h9-10,15-17,19-20H,1,11-14H2,2-8H3. The van der Waals surface area contributed by atoms with Gasteiger partial charge in [0.05, 0.1) is 0 Å². The van der Waals surface area contributed by atoms with Gasteiger partial charge >= 0.3 is 0 Å². The lowest BCUT2D eigenvalue weighted by Gasteiger charge is -2.42. The van der Waals surface area contributed by atoms with E-state index < -0.39 is 17.0 Å². The molecule has 0 aromatic heterocycles. The fraction of sp³-hybridized carbons (Fsp3) is 0.615. The van der Waals surface area contributed by atoms with Gasteiger partial charge in [0.2, 0.25) is 0 Å². The summed E-state index contributed by atoms with van der Waals surface area (Å²) in [6, 6.07) is 3.42. The van der Waals surface area contributed by atoms with Gasteiger partial charge in [0, 0.05) is 5.56 Å². The van der Waals surface area contributed by atoms with Gasteiger partial charge in [0.15, 0.2) is 11.6 Å². The number of hydrogen-bond acceptors (Lipinski definition) is 0. The van der Waals surface area contributed by atoms with E-state index in [-0.39, 0.29) is 10.8 Å². The predicted octanol–water partition coefficient (Wildman–Crippen LogP) is 8.32. The molecule has 1 fully saturated rings. The molecule has 28 heavy (non-hydrogen) atoms. The van der Waals surface area contributed by atoms with Crippen LogP contribution in [0.5, 0.6) is 0 Å². The Balaban J connectivity index is 2.14. The highest BCUT2D eigenvalue weighted by Gasteiger charge is 2.36. The Bertz CT molecular complexity index is 724. The molecule has 0 radical (unpaired) electrons. The van der Waals surface area contributed by atoms with E-state index >= 15 is 0 Å². The molecule has 0 nitrogen and oxygen atoms in total. The van der Waals surface area contributed by atoms with Crippen molar-refractivity contribution >= 4 is 6.08 Å². The highest BCUT2D eigenvalue weighted by atomic mass is 19.2. The lowest BCUT2D eigenvalue weighted by atomic mass is 9.63. The minimum atomic E-state index is -0.740. The van der Waals surface area contributed by atoms with Gasteiger partial charge in [0.25, 0.3) is 0 Å². The van der Waals surface area contributed by atoms with Gasteiger partial charge in [-0.15, -0.1) is 6.58 Å². The second-order valence-electron chi connectivity index (χ2n) is 10.8. The van der Waals surface area contributed by atoms with Crippen LogP contribution in [0.2, 0.25) is 0 Å². The first-order valence-electron chi connectivity index (χ1n) is 10.6. The lowest BCUT2D eigenvalue weighted by molar-refractivity contribution is 0.124. The van der Waals surface area contributed by atoms with Gasteiger partial charge in [-0.3, -0.25) is 0 Å². The van der Waals surface area contributed by atoms with E-state index in [1.165, 1.54) is 25.7 Å². The van der Waals surface area contributed by atoms with Crippen LogP contribution in [0.1, 0.15) is 85.3 Å². The predicted molar refractivity (Wildman–Crippen MR) is 117 cm³/mol. The first-order chi connectivity index (χ1) is 12.8. The summed E-state index contributed by atoms with van der Waals surface area (Å²) in [6.07, 6.45) is 10.7. The maximum atomic E-state index is 14.6. The Hall–Kier alpha value is -1.44. The average molecular weight is 389 g/mol. The van der Waals surface area contributed by atoms with Crippen molar-refractivity contribution in [3.8, 4) is 0 Å². The van der Waals surface area contributed by atoms with Crippen LogP contribution in [0.25, 0.3) is 6.08 Å². The van der Waals surface area contributed by atoms with E-state index in [9.17, 15) is 8.78 Å². The SMILES string of the molecule is C=CC(C)(C)C1CCC(C(C)(C)C=Cc2ccc(C(C)(C)C)c(F)c2F)CC1. The highest BCUT2D eigenvalue weighted by molar-refractivity contribution is 5.52. The van der Waals surface area contributed by atoms with Gasteiger partial charge in [-0.1, -0.05) is 78.8 Å². The summed E-state index contributed by atoms with van der Waals surface area (Å²) in [7, 11) is 0. The summed E-state index contributed by atoms with van der Waals surface area (Å²) in [4.78, 5) is 0. The quantitative estimate of drug-likeness (QED) is 0.445. The van der Waals surface area contributed by atoms with E-state index in [1.54, 1.807) is 18.2 Å². The summed E-state index contributed by atoms with van der Waals surface area (Å²) >= 11 is 0. The van der Waals surface area contributed by atoms with Gasteiger partial charge in [0.1, 0.15) is 0 Å². The maximum Gasteiger partial charge on any atom is 0.166 e. The number of benzene rings is 1. The monoisotopic (exact) mass is 388 g/mol. The Morgan fingerprint density at radius 2 is 1.32 bits per heavy atom. The molecule has 0 N–H and O–H groups in total. The molecule has 1 aliphatic carbocycles.